The fraction of sp³-hybridized carbons (Fsp3) is 0.455. The van der Waals surface area contributed by atoms with Gasteiger partial charge in [-0.2, -0.15) is 0 Å². The van der Waals surface area contributed by atoms with Crippen molar-refractivity contribution < 1.29 is 0 Å². The maximum Gasteiger partial charge on any atom is 0.0591 e. The summed E-state index contributed by atoms with van der Waals surface area (Å²) in [6, 6.07) is 6.01. The molecule has 1 aliphatic heterocycles. The smallest absolute Gasteiger partial charge is 0.0591 e. The predicted octanol–water partition coefficient (Wildman–Crippen LogP) is 2.04. The van der Waals surface area contributed by atoms with Gasteiger partial charge >= 0.3 is 0 Å². The first-order chi connectivity index (χ1) is 7.15. The van der Waals surface area contributed by atoms with E-state index < -0.39 is 0 Å². The monoisotopic (exact) mass is 225 g/mol. The van der Waals surface area contributed by atoms with Crippen molar-refractivity contribution in [3.63, 3.8) is 0 Å². The van der Waals surface area contributed by atoms with E-state index >= 15 is 0 Å². The van der Waals surface area contributed by atoms with Crippen LogP contribution in [-0.2, 0) is 0 Å². The zero-order chi connectivity index (χ0) is 10.8. The number of halogens is 1. The van der Waals surface area contributed by atoms with E-state index in [4.69, 9.17) is 17.3 Å². The molecule has 15 heavy (non-hydrogen) atoms. The van der Waals surface area contributed by atoms with Crippen molar-refractivity contribution in [2.45, 2.75) is 12.5 Å². The molecule has 82 valence electrons. The lowest BCUT2D eigenvalue weighted by Crippen LogP contribution is -2.23. The van der Waals surface area contributed by atoms with Crippen molar-refractivity contribution in [1.82, 2.24) is 4.90 Å². The van der Waals surface area contributed by atoms with Crippen LogP contribution in [0, 0.1) is 0 Å². The van der Waals surface area contributed by atoms with Crippen molar-refractivity contribution >= 4 is 23.0 Å². The zero-order valence-corrected chi connectivity index (χ0v) is 9.59. The molecule has 0 amide bonds. The Morgan fingerprint density at radius 1 is 1.53 bits per heavy atom. The summed E-state index contributed by atoms with van der Waals surface area (Å²) >= 11 is 5.92. The fourth-order valence-electron chi connectivity index (χ4n) is 1.93. The summed E-state index contributed by atoms with van der Waals surface area (Å²) in [5.74, 6) is 0. The first-order valence-electron chi connectivity index (χ1n) is 5.15. The highest BCUT2D eigenvalue weighted by Gasteiger charge is 2.19. The van der Waals surface area contributed by atoms with E-state index in [-0.39, 0.29) is 0 Å². The number of likely N-dealkylation sites (tertiary alicyclic amines) is 1. The third kappa shape index (κ3) is 2.55. The Bertz CT molecular complexity index is 354. The van der Waals surface area contributed by atoms with Gasteiger partial charge in [0.15, 0.2) is 0 Å². The second kappa shape index (κ2) is 4.29. The molecule has 1 fully saturated rings. The molecule has 3 N–H and O–H groups in total. The van der Waals surface area contributed by atoms with Gasteiger partial charge in [-0.15, -0.1) is 0 Å². The minimum atomic E-state index is 0.482. The van der Waals surface area contributed by atoms with Crippen LogP contribution in [0.4, 0.5) is 11.4 Å². The molecule has 1 aromatic carbocycles. The number of nitrogens with two attached hydrogens (primary N) is 1. The minimum absolute atomic E-state index is 0.482. The van der Waals surface area contributed by atoms with E-state index in [9.17, 15) is 0 Å². The number of nitrogens with one attached hydrogen (secondary N) is 1. The molecule has 0 saturated carbocycles. The highest BCUT2D eigenvalue weighted by Crippen LogP contribution is 2.25. The van der Waals surface area contributed by atoms with Gasteiger partial charge in [0.1, 0.15) is 0 Å². The predicted molar refractivity (Wildman–Crippen MR) is 65.4 cm³/mol. The normalized spacial score (nSPS) is 21.9. The van der Waals surface area contributed by atoms with E-state index in [1.165, 1.54) is 0 Å². The van der Waals surface area contributed by atoms with Gasteiger partial charge in [-0.05, 0) is 38.2 Å². The molecule has 0 bridgehead atoms. The third-order valence-electron chi connectivity index (χ3n) is 2.77. The molecule has 0 spiro atoms. The molecule has 1 unspecified atom stereocenters. The van der Waals surface area contributed by atoms with E-state index in [0.717, 1.165) is 35.9 Å². The highest BCUT2D eigenvalue weighted by molar-refractivity contribution is 6.31. The van der Waals surface area contributed by atoms with Crippen LogP contribution in [-0.4, -0.2) is 31.1 Å². The summed E-state index contributed by atoms with van der Waals surface area (Å²) in [5, 5.41) is 4.15. The molecule has 1 heterocycles. The molecule has 1 aromatic rings. The number of likely N-dealkylation sites (N-methyl/N-ethyl adjacent to an activating group) is 1. The van der Waals surface area contributed by atoms with E-state index in [0.29, 0.717) is 6.04 Å². The largest absolute Gasteiger partial charge is 0.397 e. The van der Waals surface area contributed by atoms with Crippen molar-refractivity contribution in [3.05, 3.63) is 23.2 Å². The molecular formula is C11H16ClN3. The zero-order valence-electron chi connectivity index (χ0n) is 8.83. The van der Waals surface area contributed by atoms with Gasteiger partial charge in [-0.1, -0.05) is 11.6 Å². The van der Waals surface area contributed by atoms with Crippen LogP contribution in [0.25, 0.3) is 0 Å². The average Bonchev–Trinajstić information content (AvgIpc) is 2.58. The standard InChI is InChI=1S/C11H16ClN3/c1-15-5-4-9(7-15)14-11-6-8(12)2-3-10(11)13/h2-3,6,9,14H,4-5,7,13H2,1H3. The molecule has 1 saturated heterocycles. The second-order valence-electron chi connectivity index (χ2n) is 4.12. The van der Waals surface area contributed by atoms with Gasteiger partial charge in [0, 0.05) is 17.6 Å². The maximum absolute atomic E-state index is 5.92. The Hall–Kier alpha value is -0.930. The molecule has 3 nitrogen and oxygen atoms in total. The van der Waals surface area contributed by atoms with Gasteiger partial charge < -0.3 is 16.0 Å². The molecule has 0 aliphatic carbocycles. The van der Waals surface area contributed by atoms with Crippen LogP contribution >= 0.6 is 11.6 Å². The SMILES string of the molecule is CN1CCC(Nc2cc(Cl)ccc2N)C1. The van der Waals surface area contributed by atoms with Crippen LogP contribution in [0.5, 0.6) is 0 Å². The lowest BCUT2D eigenvalue weighted by Gasteiger charge is -2.16. The topological polar surface area (TPSA) is 41.3 Å². The van der Waals surface area contributed by atoms with Crippen molar-refractivity contribution in [1.29, 1.82) is 0 Å². The van der Waals surface area contributed by atoms with E-state index in [2.05, 4.69) is 17.3 Å². The van der Waals surface area contributed by atoms with Crippen LogP contribution < -0.4 is 11.1 Å². The van der Waals surface area contributed by atoms with Gasteiger partial charge in [-0.25, -0.2) is 0 Å². The number of nitrogen functional groups attached to an aromatic ring is 1. The number of hydrogen-bond acceptors (Lipinski definition) is 3. The number of rotatable bonds is 2. The van der Waals surface area contributed by atoms with Crippen molar-refractivity contribution in [2.75, 3.05) is 31.2 Å². The number of nitrogens with zero attached hydrogens (tertiary/aromatic N) is 1. The summed E-state index contributed by atoms with van der Waals surface area (Å²) in [6.07, 6.45) is 1.16. The molecule has 2 rings (SSSR count). The number of hydrogen-bond donors (Lipinski definition) is 2. The first-order valence-corrected chi connectivity index (χ1v) is 5.53. The lowest BCUT2D eigenvalue weighted by atomic mass is 10.2. The summed E-state index contributed by atoms with van der Waals surface area (Å²) in [4.78, 5) is 2.30. The average molecular weight is 226 g/mol. The van der Waals surface area contributed by atoms with Crippen molar-refractivity contribution in [2.24, 2.45) is 0 Å². The number of anilines is 2. The van der Waals surface area contributed by atoms with Crippen molar-refractivity contribution in [3.8, 4) is 0 Å². The van der Waals surface area contributed by atoms with Crippen LogP contribution in [0.1, 0.15) is 6.42 Å². The van der Waals surface area contributed by atoms with Gasteiger partial charge in [0.2, 0.25) is 0 Å². The Labute approximate surface area is 95.2 Å². The second-order valence-corrected chi connectivity index (χ2v) is 4.56. The quantitative estimate of drug-likeness (QED) is 0.757. The third-order valence-corrected chi connectivity index (χ3v) is 3.00. The Morgan fingerprint density at radius 2 is 2.33 bits per heavy atom. The Kier molecular flexibility index (Phi) is 3.03. The van der Waals surface area contributed by atoms with Crippen LogP contribution in [0.2, 0.25) is 5.02 Å². The Morgan fingerprint density at radius 3 is 3.00 bits per heavy atom. The first kappa shape index (κ1) is 10.6. The molecular weight excluding hydrogens is 210 g/mol. The lowest BCUT2D eigenvalue weighted by molar-refractivity contribution is 0.414. The molecule has 1 aliphatic rings. The summed E-state index contributed by atoms with van der Waals surface area (Å²) in [7, 11) is 2.13. The highest BCUT2D eigenvalue weighted by atomic mass is 35.5. The summed E-state index contributed by atoms with van der Waals surface area (Å²) in [5.41, 5.74) is 7.57. The van der Waals surface area contributed by atoms with E-state index in [1.54, 1.807) is 0 Å². The fourth-order valence-corrected chi connectivity index (χ4v) is 2.10. The number of benzene rings is 1. The molecule has 0 aromatic heterocycles. The van der Waals surface area contributed by atoms with Gasteiger partial charge in [0.25, 0.3) is 0 Å². The molecule has 0 radical (unpaired) electrons. The van der Waals surface area contributed by atoms with E-state index in [1.807, 2.05) is 18.2 Å². The van der Waals surface area contributed by atoms with Crippen LogP contribution in [0.3, 0.4) is 0 Å². The van der Waals surface area contributed by atoms with Gasteiger partial charge in [0.05, 0.1) is 11.4 Å². The minimum Gasteiger partial charge on any atom is -0.397 e. The summed E-state index contributed by atoms with van der Waals surface area (Å²) < 4.78 is 0. The Balaban J connectivity index is 2.07. The van der Waals surface area contributed by atoms with Crippen LogP contribution in [0.15, 0.2) is 18.2 Å². The van der Waals surface area contributed by atoms with Gasteiger partial charge in [-0.3, -0.25) is 0 Å². The molecule has 4 heteroatoms. The molecule has 1 atom stereocenters. The maximum atomic E-state index is 5.92. The summed E-state index contributed by atoms with van der Waals surface area (Å²) in [6.45, 7) is 2.20.